The number of para-hydroxylation sites is 4. The first-order chi connectivity index (χ1) is 30.3. The zero-order valence-corrected chi connectivity index (χ0v) is 36.9. The third-order valence-corrected chi connectivity index (χ3v) is 13.7. The molecule has 0 radical (unpaired) electrons. The Bertz CT molecular complexity index is 2940. The summed E-state index contributed by atoms with van der Waals surface area (Å²) in [5, 5.41) is 1.54. The van der Waals surface area contributed by atoms with Crippen molar-refractivity contribution in [3.05, 3.63) is 175 Å². The molecule has 0 atom stereocenters. The summed E-state index contributed by atoms with van der Waals surface area (Å²) in [5.74, 6) is 3.80. The van der Waals surface area contributed by atoms with Gasteiger partial charge in [0.1, 0.15) is 27.2 Å². The number of nitrogens with zero attached hydrogens (tertiary/aromatic N) is 2. The molecule has 0 spiro atoms. The molecule has 0 unspecified atom stereocenters. The minimum Gasteiger partial charge on any atom is -0.744 e. The van der Waals surface area contributed by atoms with E-state index in [9.17, 15) is 13.0 Å². The zero-order chi connectivity index (χ0) is 42.9. The Hall–Kier alpha value is -5.98. The summed E-state index contributed by atoms with van der Waals surface area (Å²) in [6.45, 7) is 1.37. The molecule has 1 heterocycles. The maximum atomic E-state index is 12.8. The second-order valence-electron chi connectivity index (χ2n) is 14.5. The van der Waals surface area contributed by atoms with Gasteiger partial charge < -0.3 is 23.3 Å². The van der Waals surface area contributed by atoms with Crippen LogP contribution < -0.4 is 24.3 Å². The largest absolute Gasteiger partial charge is 0.744 e. The predicted molar refractivity (Wildman–Crippen MR) is 253 cm³/mol. The number of ether oxygens (including phenoxy) is 2. The van der Waals surface area contributed by atoms with Crippen molar-refractivity contribution >= 4 is 61.7 Å². The molecule has 0 saturated carbocycles. The Morgan fingerprint density at radius 1 is 0.645 bits per heavy atom. The molecule has 6 aromatic carbocycles. The summed E-state index contributed by atoms with van der Waals surface area (Å²) in [5.41, 5.74) is 4.79. The van der Waals surface area contributed by atoms with Crippen LogP contribution in [0.3, 0.4) is 0 Å². The van der Waals surface area contributed by atoms with Gasteiger partial charge in [0, 0.05) is 74.5 Å². The summed E-state index contributed by atoms with van der Waals surface area (Å²) in [6.07, 6.45) is 1.74. The van der Waals surface area contributed by atoms with E-state index in [1.54, 1.807) is 32.4 Å². The van der Waals surface area contributed by atoms with Gasteiger partial charge in [0.15, 0.2) is 12.3 Å². The number of hydrogen-bond donors (Lipinski definition) is 0. The minimum absolute atomic E-state index is 0.292. The number of methoxy groups -OCH3 is 2. The Kier molecular flexibility index (Phi) is 13.6. The van der Waals surface area contributed by atoms with Crippen molar-refractivity contribution in [1.82, 2.24) is 4.58 Å². The van der Waals surface area contributed by atoms with E-state index in [0.29, 0.717) is 46.5 Å². The topological polar surface area (TPSA) is 95.1 Å². The number of fused-ring (bicyclic) bond motifs is 2. The number of rotatable bonds is 17. The lowest BCUT2D eigenvalue weighted by Gasteiger charge is -2.27. The molecule has 1 aliphatic carbocycles. The highest BCUT2D eigenvalue weighted by Gasteiger charge is 2.25. The summed E-state index contributed by atoms with van der Waals surface area (Å²) in [6, 6.07) is 55.0. The molecule has 11 heteroatoms. The van der Waals surface area contributed by atoms with Gasteiger partial charge in [-0.25, -0.2) is 8.42 Å². The van der Waals surface area contributed by atoms with Gasteiger partial charge in [-0.3, -0.25) is 0 Å². The quantitative estimate of drug-likeness (QED) is 0.0291. The molecule has 6 aromatic rings. The van der Waals surface area contributed by atoms with Crippen LogP contribution in [0.25, 0.3) is 33.4 Å². The number of anilines is 2. The second-order valence-corrected chi connectivity index (χ2v) is 18.2. The summed E-state index contributed by atoms with van der Waals surface area (Å²) < 4.78 is 59.4. The fourth-order valence-corrected chi connectivity index (χ4v) is 10.1. The Morgan fingerprint density at radius 3 is 1.98 bits per heavy atom. The first kappa shape index (κ1) is 42.7. The van der Waals surface area contributed by atoms with Gasteiger partial charge in [0.25, 0.3) is 0 Å². The van der Waals surface area contributed by atoms with Crippen LogP contribution >= 0.6 is 23.5 Å². The van der Waals surface area contributed by atoms with Crippen LogP contribution in [0.2, 0.25) is 0 Å². The molecule has 8 nitrogen and oxygen atoms in total. The third-order valence-electron chi connectivity index (χ3n) is 10.6. The molecule has 0 fully saturated rings. The highest BCUT2D eigenvalue weighted by Crippen LogP contribution is 2.44. The third kappa shape index (κ3) is 9.72. The molecule has 0 aromatic heterocycles. The highest BCUT2D eigenvalue weighted by molar-refractivity contribution is 7.99. The lowest BCUT2D eigenvalue weighted by molar-refractivity contribution is 0.411. The molecule has 0 amide bonds. The van der Waals surface area contributed by atoms with Crippen LogP contribution in [0.4, 0.5) is 17.1 Å². The lowest BCUT2D eigenvalue weighted by atomic mass is 9.93. The first-order valence-corrected chi connectivity index (χ1v) is 23.8. The normalized spacial score (nSPS) is 12.0. The first-order valence-electron chi connectivity index (χ1n) is 20.4. The molecule has 0 N–H and O–H groups in total. The molecular weight excluding hydrogens is 833 g/mol. The van der Waals surface area contributed by atoms with E-state index in [2.05, 4.69) is 58.0 Å². The van der Waals surface area contributed by atoms with E-state index < -0.39 is 10.1 Å². The van der Waals surface area contributed by atoms with Crippen molar-refractivity contribution in [2.75, 3.05) is 43.7 Å². The second kappa shape index (κ2) is 19.8. The van der Waals surface area contributed by atoms with Gasteiger partial charge >= 0.3 is 0 Å². The van der Waals surface area contributed by atoms with Crippen molar-refractivity contribution < 1.29 is 26.9 Å². The summed E-state index contributed by atoms with van der Waals surface area (Å²) in [4.78, 5) is 4.37. The number of hydrogen-bond acceptors (Lipinski definition) is 9. The summed E-state index contributed by atoms with van der Waals surface area (Å²) in [7, 11) is -1.50. The van der Waals surface area contributed by atoms with Crippen LogP contribution in [-0.4, -0.2) is 51.8 Å². The average molecular weight is 879 g/mol. The van der Waals surface area contributed by atoms with Crippen molar-refractivity contribution in [3.8, 4) is 33.9 Å². The van der Waals surface area contributed by atoms with Gasteiger partial charge in [0.2, 0.25) is 11.0 Å². The van der Waals surface area contributed by atoms with Crippen molar-refractivity contribution in [2.24, 2.45) is 0 Å². The lowest BCUT2D eigenvalue weighted by Crippen LogP contribution is -2.27. The van der Waals surface area contributed by atoms with E-state index >= 15 is 0 Å². The molecule has 0 saturated heterocycles. The van der Waals surface area contributed by atoms with Gasteiger partial charge in [-0.05, 0) is 78.9 Å². The molecule has 1 aliphatic heterocycles. The van der Waals surface area contributed by atoms with Crippen molar-refractivity contribution in [1.29, 1.82) is 0 Å². The van der Waals surface area contributed by atoms with Crippen molar-refractivity contribution in [2.45, 2.75) is 27.5 Å². The van der Waals surface area contributed by atoms with Gasteiger partial charge in [-0.2, -0.15) is 4.58 Å². The highest BCUT2D eigenvalue weighted by atomic mass is 32.2. The standard InChI is InChI=1S/C51H46N2O6S3/c1-57-46-24-12-10-22-44(46)52(31-15-33-60-39-17-5-3-6-18-39)37-27-29-41-48(35-37)59-49-36-38(28-30-42(49)51(41)43-21-9-14-26-50(43)62(54,55)56)53(45-23-11-13-25-47(45)58-2)32-16-34-61-40-19-7-4-8-20-40/h3-14,17-30,35-36H,15-16,31-34H2,1-2H3. The minimum atomic E-state index is -4.84. The molecule has 62 heavy (non-hydrogen) atoms. The smallest absolute Gasteiger partial charge is 0.248 e. The average Bonchev–Trinajstić information content (AvgIpc) is 3.31. The summed E-state index contributed by atoms with van der Waals surface area (Å²) >= 11 is 3.63. The maximum Gasteiger partial charge on any atom is 0.248 e. The molecule has 8 rings (SSSR count). The number of benzene rings is 7. The molecular formula is C51H46N2O6S3. The molecule has 0 bridgehead atoms. The van der Waals surface area contributed by atoms with E-state index in [4.69, 9.17) is 13.9 Å². The Balaban J connectivity index is 1.29. The maximum absolute atomic E-state index is 12.8. The monoisotopic (exact) mass is 878 g/mol. The Morgan fingerprint density at radius 2 is 1.27 bits per heavy atom. The predicted octanol–water partition coefficient (Wildman–Crippen LogP) is 11.7. The van der Waals surface area contributed by atoms with Crippen LogP contribution in [-0.2, 0) is 10.1 Å². The van der Waals surface area contributed by atoms with Crippen LogP contribution in [0, 0.1) is 0 Å². The van der Waals surface area contributed by atoms with Crippen LogP contribution in [0.15, 0.2) is 189 Å². The zero-order valence-electron chi connectivity index (χ0n) is 34.5. The van der Waals surface area contributed by atoms with Crippen LogP contribution in [0.5, 0.6) is 11.5 Å². The van der Waals surface area contributed by atoms with Gasteiger partial charge in [-0.1, -0.05) is 78.9 Å². The fourth-order valence-electron chi connectivity index (χ4n) is 7.73. The molecule has 2 aliphatic rings. The van der Waals surface area contributed by atoms with E-state index in [1.165, 1.54) is 15.9 Å². The SMILES string of the molecule is COc1ccccc1N(CCCSc1ccccc1)c1ccc2c(-c3ccccc3S(=O)(=O)[O-])c3ccc(=[N+](CCCSc4ccccc4)c4ccccc4OC)cc-3oc2c1. The molecule has 314 valence electrons. The van der Waals surface area contributed by atoms with Crippen LogP contribution in [0.1, 0.15) is 12.8 Å². The Labute approximate surface area is 371 Å². The van der Waals surface area contributed by atoms with E-state index in [0.717, 1.165) is 58.3 Å². The van der Waals surface area contributed by atoms with E-state index in [-0.39, 0.29) is 4.90 Å². The number of thioether (sulfide) groups is 2. The van der Waals surface area contributed by atoms with Gasteiger partial charge in [0.05, 0.1) is 30.9 Å². The van der Waals surface area contributed by atoms with Gasteiger partial charge in [-0.15, -0.1) is 23.5 Å². The van der Waals surface area contributed by atoms with Crippen molar-refractivity contribution in [3.63, 3.8) is 0 Å². The van der Waals surface area contributed by atoms with E-state index in [1.807, 2.05) is 121 Å². The fraction of sp³-hybridized carbons (Fsp3) is 0.157.